The zero-order valence-electron chi connectivity index (χ0n) is 25.6. The molecule has 0 aliphatic carbocycles. The Labute approximate surface area is 242 Å². The average molecular weight is 599 g/mol. The Morgan fingerprint density at radius 2 is 1.62 bits per heavy atom. The van der Waals surface area contributed by atoms with Crippen LogP contribution in [0.15, 0.2) is 50.4 Å². The second kappa shape index (κ2) is 26.0. The summed E-state index contributed by atoms with van der Waals surface area (Å²) in [6.07, 6.45) is 12.7. The lowest BCUT2D eigenvalue weighted by atomic mass is 10.00. The summed E-state index contributed by atoms with van der Waals surface area (Å²) >= 11 is 9.18. The molecule has 0 aromatic heterocycles. The second-order valence-corrected chi connectivity index (χ2v) is 9.65. The molecule has 1 rings (SSSR count). The highest BCUT2D eigenvalue weighted by Crippen LogP contribution is 2.29. The summed E-state index contributed by atoms with van der Waals surface area (Å²) in [6, 6.07) is 3.83. The third kappa shape index (κ3) is 18.3. The standard InChI is InChI=1S/C19H29NO2.C9H12BrCl.2C2H6/c1-6-8-9-10-11-14(3)20-18-15(4)17(19(21)22-5)13-12-16(18)7-2;1-4-9(11)7(2)5-6-8(3)10;2*1-2/h12-13H,6-11H2,1-5H3;4-6H,1-3H3;2*1-2H3/b;7-5-,8-6+,9-4+;;. The van der Waals surface area contributed by atoms with E-state index in [0.29, 0.717) is 5.56 Å². The number of benzene rings is 1. The molecular formula is C32H53BrClNO2. The molecule has 0 saturated carbocycles. The van der Waals surface area contributed by atoms with Gasteiger partial charge in [-0.1, -0.05) is 113 Å². The van der Waals surface area contributed by atoms with Crippen LogP contribution in [-0.2, 0) is 11.2 Å². The average Bonchev–Trinajstić information content (AvgIpc) is 2.92. The monoisotopic (exact) mass is 597 g/mol. The van der Waals surface area contributed by atoms with Crippen LogP contribution in [0, 0.1) is 6.92 Å². The molecule has 0 spiro atoms. The Morgan fingerprint density at radius 3 is 2.08 bits per heavy atom. The first-order valence-corrected chi connectivity index (χ1v) is 14.9. The molecule has 0 heterocycles. The molecule has 0 fully saturated rings. The maximum atomic E-state index is 11.8. The van der Waals surface area contributed by atoms with Gasteiger partial charge in [0, 0.05) is 10.7 Å². The molecule has 0 saturated heterocycles. The predicted octanol–water partition coefficient (Wildman–Crippen LogP) is 11.8. The smallest absolute Gasteiger partial charge is 0.338 e. The minimum absolute atomic E-state index is 0.294. The Kier molecular flexibility index (Phi) is 28.0. The van der Waals surface area contributed by atoms with Crippen molar-refractivity contribution in [1.29, 1.82) is 0 Å². The molecule has 0 unspecified atom stereocenters. The van der Waals surface area contributed by atoms with Crippen molar-refractivity contribution in [2.75, 3.05) is 7.11 Å². The van der Waals surface area contributed by atoms with E-state index in [2.05, 4.69) is 36.7 Å². The predicted molar refractivity (Wildman–Crippen MR) is 172 cm³/mol. The molecule has 0 bridgehead atoms. The van der Waals surface area contributed by atoms with E-state index in [0.717, 1.165) is 44.9 Å². The van der Waals surface area contributed by atoms with Gasteiger partial charge in [0.2, 0.25) is 0 Å². The van der Waals surface area contributed by atoms with Crippen molar-refractivity contribution in [2.45, 2.75) is 115 Å². The highest BCUT2D eigenvalue weighted by Gasteiger charge is 2.14. The summed E-state index contributed by atoms with van der Waals surface area (Å²) in [5.74, 6) is -0.294. The number of nitrogens with zero attached hydrogens (tertiary/aromatic N) is 1. The summed E-state index contributed by atoms with van der Waals surface area (Å²) in [5.41, 5.74) is 5.86. The number of esters is 1. The minimum atomic E-state index is -0.294. The maximum absolute atomic E-state index is 11.8. The number of aliphatic imine (C=N–C) groups is 1. The van der Waals surface area contributed by atoms with E-state index in [9.17, 15) is 4.79 Å². The van der Waals surface area contributed by atoms with Gasteiger partial charge in [0.1, 0.15) is 0 Å². The van der Waals surface area contributed by atoms with Crippen molar-refractivity contribution in [3.8, 4) is 0 Å². The Bertz CT molecular complexity index is 879. The number of carbonyl (C=O) groups is 1. The first-order valence-electron chi connectivity index (χ1n) is 13.7. The van der Waals surface area contributed by atoms with E-state index in [-0.39, 0.29) is 5.97 Å². The molecule has 0 aliphatic heterocycles. The second-order valence-electron chi connectivity index (χ2n) is 7.99. The third-order valence-electron chi connectivity index (χ3n) is 5.19. The largest absolute Gasteiger partial charge is 0.465 e. The zero-order chi connectivity index (χ0) is 29.4. The molecule has 0 radical (unpaired) electrons. The molecule has 37 heavy (non-hydrogen) atoms. The fraction of sp³-hybridized carbons (Fsp3) is 0.562. The number of unbranched alkanes of at least 4 members (excludes halogenated alkanes) is 3. The lowest BCUT2D eigenvalue weighted by Crippen LogP contribution is -2.05. The van der Waals surface area contributed by atoms with E-state index in [1.807, 2.05) is 85.8 Å². The van der Waals surface area contributed by atoms with Gasteiger partial charge in [-0.3, -0.25) is 4.99 Å². The maximum Gasteiger partial charge on any atom is 0.338 e. The van der Waals surface area contributed by atoms with Crippen LogP contribution in [0.4, 0.5) is 5.69 Å². The van der Waals surface area contributed by atoms with Crippen molar-refractivity contribution in [1.82, 2.24) is 0 Å². The molecule has 0 N–H and O–H groups in total. The Hall–Kier alpha value is -1.65. The normalized spacial score (nSPS) is 11.8. The van der Waals surface area contributed by atoms with Crippen molar-refractivity contribution < 1.29 is 9.53 Å². The number of methoxy groups -OCH3 is 1. The van der Waals surface area contributed by atoms with Crippen molar-refractivity contribution in [3.05, 3.63) is 62.1 Å². The van der Waals surface area contributed by atoms with E-state index >= 15 is 0 Å². The molecule has 1 aromatic carbocycles. The van der Waals surface area contributed by atoms with Gasteiger partial charge in [-0.15, -0.1) is 0 Å². The highest BCUT2D eigenvalue weighted by atomic mass is 79.9. The first kappa shape index (κ1) is 39.9. The fourth-order valence-corrected chi connectivity index (χ4v) is 3.32. The van der Waals surface area contributed by atoms with Gasteiger partial charge in [0.25, 0.3) is 0 Å². The van der Waals surface area contributed by atoms with Gasteiger partial charge < -0.3 is 4.74 Å². The van der Waals surface area contributed by atoms with E-state index in [4.69, 9.17) is 21.3 Å². The minimum Gasteiger partial charge on any atom is -0.465 e. The molecule has 212 valence electrons. The van der Waals surface area contributed by atoms with Crippen LogP contribution >= 0.6 is 27.5 Å². The van der Waals surface area contributed by atoms with Gasteiger partial charge >= 0.3 is 5.97 Å². The van der Waals surface area contributed by atoms with Gasteiger partial charge in [-0.05, 0) is 81.1 Å². The Balaban J connectivity index is -0.000000649. The highest BCUT2D eigenvalue weighted by molar-refractivity contribution is 9.11. The van der Waals surface area contributed by atoms with Crippen LogP contribution in [0.1, 0.15) is 123 Å². The zero-order valence-corrected chi connectivity index (χ0v) is 28.0. The van der Waals surface area contributed by atoms with Gasteiger partial charge in [-0.2, -0.15) is 0 Å². The van der Waals surface area contributed by atoms with E-state index in [1.54, 1.807) is 0 Å². The van der Waals surface area contributed by atoms with Gasteiger partial charge in [0.15, 0.2) is 0 Å². The van der Waals surface area contributed by atoms with Crippen LogP contribution in [0.25, 0.3) is 0 Å². The number of hydrogen-bond donors (Lipinski definition) is 0. The lowest BCUT2D eigenvalue weighted by molar-refractivity contribution is 0.0600. The lowest BCUT2D eigenvalue weighted by Gasteiger charge is -2.12. The number of halogens is 2. The topological polar surface area (TPSA) is 38.7 Å². The Morgan fingerprint density at radius 1 is 1.03 bits per heavy atom. The van der Waals surface area contributed by atoms with Gasteiger partial charge in [0.05, 0.1) is 18.4 Å². The first-order chi connectivity index (χ1) is 17.6. The van der Waals surface area contributed by atoms with Crippen molar-refractivity contribution in [2.24, 2.45) is 4.99 Å². The molecule has 1 aromatic rings. The van der Waals surface area contributed by atoms with E-state index in [1.165, 1.54) is 38.4 Å². The van der Waals surface area contributed by atoms with Crippen LogP contribution in [0.2, 0.25) is 0 Å². The van der Waals surface area contributed by atoms with Crippen LogP contribution < -0.4 is 0 Å². The fourth-order valence-electron chi connectivity index (χ4n) is 3.13. The molecule has 3 nitrogen and oxygen atoms in total. The van der Waals surface area contributed by atoms with Gasteiger partial charge in [-0.25, -0.2) is 4.79 Å². The molecular weight excluding hydrogens is 546 g/mol. The summed E-state index contributed by atoms with van der Waals surface area (Å²) < 4.78 is 5.95. The van der Waals surface area contributed by atoms with Crippen LogP contribution in [0.5, 0.6) is 0 Å². The van der Waals surface area contributed by atoms with Crippen molar-refractivity contribution in [3.63, 3.8) is 0 Å². The number of aryl methyl sites for hydroxylation is 1. The number of ether oxygens (including phenoxy) is 1. The van der Waals surface area contributed by atoms with Crippen LogP contribution in [0.3, 0.4) is 0 Å². The molecule has 0 atom stereocenters. The molecule has 0 amide bonds. The summed E-state index contributed by atoms with van der Waals surface area (Å²) in [7, 11) is 1.41. The third-order valence-corrected chi connectivity index (χ3v) is 5.97. The van der Waals surface area contributed by atoms with Crippen LogP contribution in [-0.4, -0.2) is 18.8 Å². The van der Waals surface area contributed by atoms with Crippen molar-refractivity contribution >= 4 is 44.9 Å². The molecule has 0 aliphatic rings. The van der Waals surface area contributed by atoms with E-state index < -0.39 is 0 Å². The number of allylic oxidation sites excluding steroid dienone is 6. The number of hydrogen-bond acceptors (Lipinski definition) is 3. The summed E-state index contributed by atoms with van der Waals surface area (Å²) in [4.78, 5) is 16.7. The summed E-state index contributed by atoms with van der Waals surface area (Å²) in [6.45, 7) is 22.2. The quantitative estimate of drug-likeness (QED) is 0.116. The number of carbonyl (C=O) groups excluding carboxylic acids is 1. The summed E-state index contributed by atoms with van der Waals surface area (Å²) in [5, 5.41) is 0.801. The molecule has 5 heteroatoms. The number of rotatable bonds is 10. The SMILES string of the molecule is CC.CC.CCCCCCC(C)=Nc1c(CC)ccc(C(=O)OC)c1C.C\C=C(Cl)/C(C)=C\C=C(/C)Br.